The van der Waals surface area contributed by atoms with E-state index >= 15 is 0 Å². The van der Waals surface area contributed by atoms with Crippen molar-refractivity contribution in [3.05, 3.63) is 53.1 Å². The summed E-state index contributed by atoms with van der Waals surface area (Å²) in [5, 5.41) is 11.2. The first-order valence-electron chi connectivity index (χ1n) is 10.3. The molecule has 3 rings (SSSR count). The van der Waals surface area contributed by atoms with Crippen LogP contribution in [0.5, 0.6) is 5.75 Å². The van der Waals surface area contributed by atoms with Crippen LogP contribution in [-0.4, -0.2) is 43.9 Å². The normalized spacial score (nSPS) is 11.5. The van der Waals surface area contributed by atoms with Crippen molar-refractivity contribution in [3.8, 4) is 5.75 Å². The van der Waals surface area contributed by atoms with Crippen molar-refractivity contribution < 1.29 is 17.9 Å². The summed E-state index contributed by atoms with van der Waals surface area (Å²) in [5.74, 6) is 1.20. The van der Waals surface area contributed by atoms with Crippen molar-refractivity contribution in [1.82, 2.24) is 10.2 Å². The Balaban J connectivity index is 1.87. The molecule has 1 heterocycles. The lowest BCUT2D eigenvalue weighted by Gasteiger charge is -2.24. The molecule has 0 bridgehead atoms. The molecule has 0 radical (unpaired) electrons. The zero-order valence-corrected chi connectivity index (χ0v) is 22.3. The van der Waals surface area contributed by atoms with Gasteiger partial charge in [0.1, 0.15) is 12.3 Å². The molecule has 1 amide bonds. The van der Waals surface area contributed by atoms with Gasteiger partial charge in [-0.2, -0.15) is 0 Å². The predicted octanol–water partition coefficient (Wildman–Crippen LogP) is 5.09. The first kappa shape index (κ1) is 26.3. The molecule has 0 saturated heterocycles. The second-order valence-corrected chi connectivity index (χ2v) is 12.3. The van der Waals surface area contributed by atoms with Crippen molar-refractivity contribution in [3.63, 3.8) is 0 Å². The highest BCUT2D eigenvalue weighted by atomic mass is 35.5. The fraction of sp³-hybridized carbons (Fsp3) is 0.318. The molecule has 0 aliphatic rings. The number of thioether (sulfide) groups is 1. The van der Waals surface area contributed by atoms with Gasteiger partial charge in [0, 0.05) is 5.75 Å². The Kier molecular flexibility index (Phi) is 8.80. The van der Waals surface area contributed by atoms with Crippen LogP contribution in [0.4, 0.5) is 10.8 Å². The molecule has 1 N–H and O–H groups in total. The number of ether oxygens (including phenoxy) is 1. The van der Waals surface area contributed by atoms with E-state index in [1.54, 1.807) is 30.0 Å². The van der Waals surface area contributed by atoms with Crippen molar-refractivity contribution in [2.24, 2.45) is 5.92 Å². The highest BCUT2D eigenvalue weighted by molar-refractivity contribution is 8.01. The van der Waals surface area contributed by atoms with Gasteiger partial charge in [0.15, 0.2) is 4.34 Å². The molecule has 0 aliphatic heterocycles. The summed E-state index contributed by atoms with van der Waals surface area (Å²) >= 11 is 9.04. The molecule has 3 aromatic rings. The van der Waals surface area contributed by atoms with Crippen molar-refractivity contribution in [2.45, 2.75) is 30.0 Å². The van der Waals surface area contributed by atoms with Crippen molar-refractivity contribution in [1.29, 1.82) is 0 Å². The van der Waals surface area contributed by atoms with E-state index in [9.17, 15) is 13.2 Å². The molecule has 0 saturated carbocycles. The number of anilines is 2. The van der Waals surface area contributed by atoms with E-state index in [2.05, 4.69) is 29.4 Å². The van der Waals surface area contributed by atoms with Crippen LogP contribution in [0.25, 0.3) is 0 Å². The van der Waals surface area contributed by atoms with E-state index in [0.29, 0.717) is 16.8 Å². The minimum Gasteiger partial charge on any atom is -0.495 e. The minimum atomic E-state index is -4.07. The average Bonchev–Trinajstić information content (AvgIpc) is 3.23. The summed E-state index contributed by atoms with van der Waals surface area (Å²) in [6.45, 7) is 5.59. The van der Waals surface area contributed by atoms with Gasteiger partial charge in [-0.3, -0.25) is 14.4 Å². The fourth-order valence-corrected chi connectivity index (χ4v) is 6.22. The Morgan fingerprint density at radius 3 is 2.53 bits per heavy atom. The summed E-state index contributed by atoms with van der Waals surface area (Å²) in [6.07, 6.45) is 0. The van der Waals surface area contributed by atoms with Gasteiger partial charge in [0.05, 0.1) is 22.7 Å². The SMILES string of the molecule is COc1ccc(N(CC(=O)Nc2nnc(SCC(C)C)s2)S(=O)(=O)c2ccc(C)cc2)cc1Cl. The second-order valence-electron chi connectivity index (χ2n) is 7.77. The summed E-state index contributed by atoms with van der Waals surface area (Å²) < 4.78 is 33.9. The maximum Gasteiger partial charge on any atom is 0.264 e. The number of aromatic nitrogens is 2. The van der Waals surface area contributed by atoms with Crippen LogP contribution in [0.1, 0.15) is 19.4 Å². The van der Waals surface area contributed by atoms with E-state index < -0.39 is 22.5 Å². The van der Waals surface area contributed by atoms with E-state index in [-0.39, 0.29) is 15.6 Å². The Hall–Kier alpha value is -2.34. The predicted molar refractivity (Wildman–Crippen MR) is 138 cm³/mol. The number of nitrogens with one attached hydrogen (secondary N) is 1. The number of methoxy groups -OCH3 is 1. The number of carbonyl (C=O) groups excluding carboxylic acids is 1. The largest absolute Gasteiger partial charge is 0.495 e. The van der Waals surface area contributed by atoms with Crippen LogP contribution in [0, 0.1) is 12.8 Å². The van der Waals surface area contributed by atoms with E-state index in [4.69, 9.17) is 16.3 Å². The van der Waals surface area contributed by atoms with E-state index in [1.165, 1.54) is 42.7 Å². The summed E-state index contributed by atoms with van der Waals surface area (Å²) in [4.78, 5) is 12.9. The molecule has 8 nitrogen and oxygen atoms in total. The van der Waals surface area contributed by atoms with Gasteiger partial charge in [-0.25, -0.2) is 8.42 Å². The second kappa shape index (κ2) is 11.4. The Morgan fingerprint density at radius 1 is 1.21 bits per heavy atom. The third-order valence-electron chi connectivity index (χ3n) is 4.51. The number of amides is 1. The summed E-state index contributed by atoms with van der Waals surface area (Å²) in [7, 11) is -2.61. The summed E-state index contributed by atoms with van der Waals surface area (Å²) in [5.41, 5.74) is 1.14. The molecule has 0 spiro atoms. The van der Waals surface area contributed by atoms with Crippen molar-refractivity contribution in [2.75, 3.05) is 29.0 Å². The molecular weight excluding hydrogens is 516 g/mol. The lowest BCUT2D eigenvalue weighted by molar-refractivity contribution is -0.114. The van der Waals surface area contributed by atoms with Crippen LogP contribution < -0.4 is 14.4 Å². The fourth-order valence-electron chi connectivity index (χ4n) is 2.81. The monoisotopic (exact) mass is 540 g/mol. The number of aryl methyl sites for hydroxylation is 1. The molecule has 182 valence electrons. The number of sulfonamides is 1. The van der Waals surface area contributed by atoms with Crippen LogP contribution in [0.3, 0.4) is 0 Å². The molecule has 12 heteroatoms. The molecule has 1 aromatic heterocycles. The Morgan fingerprint density at radius 2 is 1.91 bits per heavy atom. The number of halogens is 1. The summed E-state index contributed by atoms with van der Waals surface area (Å²) in [6, 6.07) is 10.9. The molecule has 0 aliphatic carbocycles. The Labute approximate surface area is 212 Å². The van der Waals surface area contributed by atoms with Crippen LogP contribution in [0.15, 0.2) is 51.7 Å². The van der Waals surface area contributed by atoms with Gasteiger partial charge < -0.3 is 4.74 Å². The number of hydrogen-bond acceptors (Lipinski definition) is 8. The highest BCUT2D eigenvalue weighted by Crippen LogP contribution is 2.32. The lowest BCUT2D eigenvalue weighted by Crippen LogP contribution is -2.38. The van der Waals surface area contributed by atoms with E-state index in [0.717, 1.165) is 20.0 Å². The van der Waals surface area contributed by atoms with Gasteiger partial charge in [-0.05, 0) is 43.2 Å². The molecule has 34 heavy (non-hydrogen) atoms. The molecule has 2 aromatic carbocycles. The third kappa shape index (κ3) is 6.62. The first-order valence-corrected chi connectivity index (χ1v) is 13.9. The smallest absolute Gasteiger partial charge is 0.264 e. The lowest BCUT2D eigenvalue weighted by atomic mass is 10.2. The topological polar surface area (TPSA) is 101 Å². The van der Waals surface area contributed by atoms with Crippen LogP contribution in [0.2, 0.25) is 5.02 Å². The average molecular weight is 541 g/mol. The number of benzene rings is 2. The first-order chi connectivity index (χ1) is 16.1. The number of hydrogen-bond donors (Lipinski definition) is 1. The molecular formula is C22H25ClN4O4S3. The maximum atomic E-state index is 13.5. The zero-order chi connectivity index (χ0) is 24.9. The Bertz CT molecular complexity index is 1250. The van der Waals surface area contributed by atoms with Gasteiger partial charge in [0.25, 0.3) is 10.0 Å². The van der Waals surface area contributed by atoms with Gasteiger partial charge >= 0.3 is 0 Å². The van der Waals surface area contributed by atoms with Crippen molar-refractivity contribution >= 4 is 61.4 Å². The van der Waals surface area contributed by atoms with Gasteiger partial charge in [0.2, 0.25) is 11.0 Å². The molecule has 0 atom stereocenters. The number of carbonyl (C=O) groups is 1. The van der Waals surface area contributed by atoms with Crippen LogP contribution in [-0.2, 0) is 14.8 Å². The minimum absolute atomic E-state index is 0.0566. The van der Waals surface area contributed by atoms with Gasteiger partial charge in [-0.15, -0.1) is 10.2 Å². The standard InChI is InChI=1S/C22H25ClN4O4S3/c1-14(2)13-32-22-26-25-21(33-22)24-20(28)12-27(16-7-10-19(31-4)18(23)11-16)34(29,30)17-8-5-15(3)6-9-17/h5-11,14H,12-13H2,1-4H3,(H,24,25,28). The zero-order valence-electron chi connectivity index (χ0n) is 19.1. The number of rotatable bonds is 10. The molecule has 0 fully saturated rings. The quantitative estimate of drug-likeness (QED) is 0.282. The maximum absolute atomic E-state index is 13.5. The van der Waals surface area contributed by atoms with Gasteiger partial charge in [-0.1, -0.05) is 66.2 Å². The highest BCUT2D eigenvalue weighted by Gasteiger charge is 2.28. The van der Waals surface area contributed by atoms with Crippen LogP contribution >= 0.6 is 34.7 Å². The van der Waals surface area contributed by atoms with E-state index in [1.807, 2.05) is 6.92 Å². The number of nitrogens with zero attached hydrogens (tertiary/aromatic N) is 3. The molecule has 0 unspecified atom stereocenters. The third-order valence-corrected chi connectivity index (χ3v) is 8.99.